The minimum atomic E-state index is 0.0156. The van der Waals surface area contributed by atoms with E-state index in [0.717, 1.165) is 17.1 Å². The Balaban J connectivity index is 1.81. The fourth-order valence-corrected chi connectivity index (χ4v) is 1.78. The molecule has 2 rings (SSSR count). The monoisotopic (exact) mass is 314 g/mol. The summed E-state index contributed by atoms with van der Waals surface area (Å²) < 4.78 is 0. The standard InChI is InChI=1S/C15H18N6S/c1-11(13-7-3-5-9-16-13)18-20-15(22)21-19-12(2)14-8-4-6-10-17-14/h3-11,18H,1-2H3,(H2,20,21,22)/b19-12+. The maximum absolute atomic E-state index is 5.16. The molecule has 0 spiro atoms. The average molecular weight is 314 g/mol. The smallest absolute Gasteiger partial charge is 0.201 e. The van der Waals surface area contributed by atoms with E-state index in [1.54, 1.807) is 12.4 Å². The third-order valence-corrected chi connectivity index (χ3v) is 3.09. The van der Waals surface area contributed by atoms with E-state index < -0.39 is 0 Å². The molecule has 0 fully saturated rings. The molecule has 0 saturated carbocycles. The molecular weight excluding hydrogens is 296 g/mol. The van der Waals surface area contributed by atoms with Crippen LogP contribution in [0.5, 0.6) is 0 Å². The van der Waals surface area contributed by atoms with Gasteiger partial charge in [0.1, 0.15) is 0 Å². The Bertz CT molecular complexity index is 629. The number of nitrogens with zero attached hydrogens (tertiary/aromatic N) is 3. The van der Waals surface area contributed by atoms with E-state index in [-0.39, 0.29) is 6.04 Å². The van der Waals surface area contributed by atoms with Crippen molar-refractivity contribution in [1.29, 1.82) is 0 Å². The number of hydrogen-bond acceptors (Lipinski definition) is 5. The predicted octanol–water partition coefficient (Wildman–Crippen LogP) is 1.93. The molecule has 1 unspecified atom stereocenters. The Labute approximate surface area is 135 Å². The highest BCUT2D eigenvalue weighted by molar-refractivity contribution is 7.80. The number of pyridine rings is 2. The van der Waals surface area contributed by atoms with Gasteiger partial charge in [-0.25, -0.2) is 5.43 Å². The first-order valence-corrected chi connectivity index (χ1v) is 7.26. The zero-order valence-corrected chi connectivity index (χ0v) is 13.3. The van der Waals surface area contributed by atoms with E-state index in [1.807, 2.05) is 50.2 Å². The minimum Gasteiger partial charge on any atom is -0.296 e. The molecule has 0 aliphatic carbocycles. The Hall–Kier alpha value is -2.38. The molecule has 7 heteroatoms. The SMILES string of the molecule is C/C(=N\NC(=S)NNC(C)c1ccccn1)c1ccccn1. The summed E-state index contributed by atoms with van der Waals surface area (Å²) in [6.07, 6.45) is 3.48. The molecule has 114 valence electrons. The second kappa shape index (κ2) is 8.16. The van der Waals surface area contributed by atoms with Gasteiger partial charge in [0, 0.05) is 12.4 Å². The number of aromatic nitrogens is 2. The highest BCUT2D eigenvalue weighted by Gasteiger charge is 2.05. The van der Waals surface area contributed by atoms with Crippen molar-refractivity contribution >= 4 is 23.0 Å². The van der Waals surface area contributed by atoms with Crippen LogP contribution < -0.4 is 16.3 Å². The summed E-state index contributed by atoms with van der Waals surface area (Å²) in [5.41, 5.74) is 11.2. The molecule has 2 aromatic heterocycles. The number of hydrazine groups is 1. The summed E-state index contributed by atoms with van der Waals surface area (Å²) in [6.45, 7) is 3.85. The molecule has 2 aromatic rings. The van der Waals surface area contributed by atoms with Crippen LogP contribution in [0, 0.1) is 0 Å². The molecule has 0 aromatic carbocycles. The van der Waals surface area contributed by atoms with Crippen LogP contribution in [0.15, 0.2) is 53.9 Å². The van der Waals surface area contributed by atoms with E-state index in [2.05, 4.69) is 31.3 Å². The molecule has 0 bridgehead atoms. The lowest BCUT2D eigenvalue weighted by Crippen LogP contribution is -2.43. The summed E-state index contributed by atoms with van der Waals surface area (Å²) in [4.78, 5) is 8.48. The second-order valence-electron chi connectivity index (χ2n) is 4.60. The number of hydrogen-bond donors (Lipinski definition) is 3. The topological polar surface area (TPSA) is 74.2 Å². The van der Waals surface area contributed by atoms with Crippen molar-refractivity contribution in [3.63, 3.8) is 0 Å². The van der Waals surface area contributed by atoms with Crippen LogP contribution >= 0.6 is 12.2 Å². The molecule has 3 N–H and O–H groups in total. The molecule has 1 atom stereocenters. The predicted molar refractivity (Wildman–Crippen MR) is 91.1 cm³/mol. The number of hydrazone groups is 1. The van der Waals surface area contributed by atoms with Crippen molar-refractivity contribution in [3.05, 3.63) is 60.2 Å². The van der Waals surface area contributed by atoms with Crippen LogP contribution in [0.25, 0.3) is 0 Å². The normalized spacial score (nSPS) is 12.5. The Kier molecular flexibility index (Phi) is 5.93. The quantitative estimate of drug-likeness (QED) is 0.445. The highest BCUT2D eigenvalue weighted by Crippen LogP contribution is 2.05. The van der Waals surface area contributed by atoms with E-state index in [1.165, 1.54) is 0 Å². The van der Waals surface area contributed by atoms with Gasteiger partial charge in [0.25, 0.3) is 0 Å². The Morgan fingerprint density at radius 2 is 1.86 bits per heavy atom. The second-order valence-corrected chi connectivity index (χ2v) is 5.01. The highest BCUT2D eigenvalue weighted by atomic mass is 32.1. The fraction of sp³-hybridized carbons (Fsp3) is 0.200. The van der Waals surface area contributed by atoms with Gasteiger partial charge in [0.15, 0.2) is 0 Å². The van der Waals surface area contributed by atoms with Crippen LogP contribution in [-0.2, 0) is 0 Å². The van der Waals surface area contributed by atoms with Gasteiger partial charge in [-0.2, -0.15) is 5.10 Å². The maximum Gasteiger partial charge on any atom is 0.201 e. The molecule has 2 heterocycles. The zero-order valence-electron chi connectivity index (χ0n) is 12.4. The van der Waals surface area contributed by atoms with Gasteiger partial charge in [0.2, 0.25) is 5.11 Å². The van der Waals surface area contributed by atoms with Gasteiger partial charge in [-0.05, 0) is 50.3 Å². The molecule has 22 heavy (non-hydrogen) atoms. The average Bonchev–Trinajstić information content (AvgIpc) is 2.59. The van der Waals surface area contributed by atoms with Crippen LogP contribution in [0.1, 0.15) is 31.3 Å². The number of nitrogens with one attached hydrogen (secondary N) is 3. The van der Waals surface area contributed by atoms with E-state index in [4.69, 9.17) is 12.2 Å². The van der Waals surface area contributed by atoms with Crippen molar-refractivity contribution < 1.29 is 0 Å². The van der Waals surface area contributed by atoms with Crippen LogP contribution in [0.4, 0.5) is 0 Å². The number of thiocarbonyl (C=S) groups is 1. The van der Waals surface area contributed by atoms with Gasteiger partial charge >= 0.3 is 0 Å². The summed E-state index contributed by atoms with van der Waals surface area (Å²) in [5.74, 6) is 0. The first-order valence-electron chi connectivity index (χ1n) is 6.85. The van der Waals surface area contributed by atoms with Gasteiger partial charge in [-0.3, -0.25) is 20.8 Å². The van der Waals surface area contributed by atoms with Crippen molar-refractivity contribution in [2.45, 2.75) is 19.9 Å². The van der Waals surface area contributed by atoms with Gasteiger partial charge < -0.3 is 0 Å². The molecule has 0 amide bonds. The first-order chi connectivity index (χ1) is 10.7. The van der Waals surface area contributed by atoms with E-state index in [9.17, 15) is 0 Å². The summed E-state index contributed by atoms with van der Waals surface area (Å²) in [7, 11) is 0. The lowest BCUT2D eigenvalue weighted by Gasteiger charge is -2.15. The molecule has 0 aliphatic rings. The molecule has 6 nitrogen and oxygen atoms in total. The Morgan fingerprint density at radius 1 is 1.14 bits per heavy atom. The summed E-state index contributed by atoms with van der Waals surface area (Å²) in [5, 5.41) is 4.56. The molecule has 0 radical (unpaired) electrons. The zero-order chi connectivity index (χ0) is 15.8. The van der Waals surface area contributed by atoms with Crippen molar-refractivity contribution in [1.82, 2.24) is 26.2 Å². The van der Waals surface area contributed by atoms with Gasteiger partial charge in [-0.1, -0.05) is 12.1 Å². The molecule has 0 aliphatic heterocycles. The first kappa shape index (κ1) is 16.0. The Morgan fingerprint density at radius 3 is 2.50 bits per heavy atom. The minimum absolute atomic E-state index is 0.0156. The third kappa shape index (κ3) is 4.87. The summed E-state index contributed by atoms with van der Waals surface area (Å²) >= 11 is 5.16. The van der Waals surface area contributed by atoms with Crippen LogP contribution in [0.3, 0.4) is 0 Å². The lowest BCUT2D eigenvalue weighted by molar-refractivity contribution is 0.529. The van der Waals surface area contributed by atoms with E-state index >= 15 is 0 Å². The lowest BCUT2D eigenvalue weighted by atomic mass is 10.2. The molecule has 0 saturated heterocycles. The van der Waals surface area contributed by atoms with Crippen molar-refractivity contribution in [2.24, 2.45) is 5.10 Å². The largest absolute Gasteiger partial charge is 0.296 e. The third-order valence-electron chi connectivity index (χ3n) is 2.89. The number of rotatable bonds is 5. The van der Waals surface area contributed by atoms with Crippen molar-refractivity contribution in [2.75, 3.05) is 0 Å². The van der Waals surface area contributed by atoms with Gasteiger partial charge in [-0.15, -0.1) is 0 Å². The van der Waals surface area contributed by atoms with Gasteiger partial charge in [0.05, 0.1) is 23.1 Å². The molecular formula is C15H18N6S. The van der Waals surface area contributed by atoms with E-state index in [0.29, 0.717) is 5.11 Å². The van der Waals surface area contributed by atoms with Crippen LogP contribution in [-0.4, -0.2) is 20.8 Å². The summed E-state index contributed by atoms with van der Waals surface area (Å²) in [6, 6.07) is 11.4. The van der Waals surface area contributed by atoms with Crippen molar-refractivity contribution in [3.8, 4) is 0 Å². The fourth-order valence-electron chi connectivity index (χ4n) is 1.68. The van der Waals surface area contributed by atoms with Crippen LogP contribution in [0.2, 0.25) is 0 Å². The maximum atomic E-state index is 5.16.